The van der Waals surface area contributed by atoms with Crippen LogP contribution in [0.3, 0.4) is 0 Å². The van der Waals surface area contributed by atoms with Gasteiger partial charge in [-0.05, 0) is 76.8 Å². The van der Waals surface area contributed by atoms with Crippen LogP contribution in [0.2, 0.25) is 5.02 Å². The van der Waals surface area contributed by atoms with Gasteiger partial charge >= 0.3 is 0 Å². The minimum absolute atomic E-state index is 0. The van der Waals surface area contributed by atoms with Gasteiger partial charge in [0.15, 0.2) is 0 Å². The molecule has 0 fully saturated rings. The molecule has 248 valence electrons. The highest BCUT2D eigenvalue weighted by Gasteiger charge is 2.14. The molecule has 0 unspecified atom stereocenters. The molecule has 0 aliphatic carbocycles. The van der Waals surface area contributed by atoms with Gasteiger partial charge in [-0.25, -0.2) is 0 Å². The summed E-state index contributed by atoms with van der Waals surface area (Å²) in [5, 5.41) is 0.817. The highest BCUT2D eigenvalue weighted by Crippen LogP contribution is 2.25. The Bertz CT molecular complexity index is 1190. The Morgan fingerprint density at radius 3 is 0.733 bits per heavy atom. The van der Waals surface area contributed by atoms with Gasteiger partial charge in [-0.2, -0.15) is 0 Å². The summed E-state index contributed by atoms with van der Waals surface area (Å²) in [6, 6.07) is 34.1. The number of halogens is 1. The normalized spacial score (nSPS) is 11.4. The maximum atomic E-state index is 5.85. The van der Waals surface area contributed by atoms with Gasteiger partial charge < -0.3 is 0 Å². The van der Waals surface area contributed by atoms with Crippen molar-refractivity contribution in [1.82, 2.24) is 0 Å². The molecular formula is C44H65Cl. The topological polar surface area (TPSA) is 0 Å². The standard InChI is InChI=1S/3C11H16.C10H13Cl.CH4/c3*1-9-6-5-7-10(8-9)11(2,3)4;1-10(2,3)8-5-4-6-9(11)7-8;/h3*5-8H,1-4H3;4-7H,1-3H3;1H4. The summed E-state index contributed by atoms with van der Waals surface area (Å²) in [5.41, 5.74) is 10.6. The molecule has 0 atom stereocenters. The Kier molecular flexibility index (Phi) is 16.6. The Hall–Kier alpha value is -2.83. The molecule has 4 rings (SSSR count). The van der Waals surface area contributed by atoms with Gasteiger partial charge in [-0.1, -0.05) is 204 Å². The van der Waals surface area contributed by atoms with Gasteiger partial charge in [0.2, 0.25) is 0 Å². The molecule has 0 bridgehead atoms. The Labute approximate surface area is 284 Å². The van der Waals surface area contributed by atoms with E-state index in [1.165, 1.54) is 38.9 Å². The van der Waals surface area contributed by atoms with Crippen molar-refractivity contribution in [2.75, 3.05) is 0 Å². The van der Waals surface area contributed by atoms with Crippen LogP contribution < -0.4 is 0 Å². The number of rotatable bonds is 0. The predicted molar refractivity (Wildman–Crippen MR) is 207 cm³/mol. The van der Waals surface area contributed by atoms with Crippen LogP contribution in [0, 0.1) is 20.8 Å². The molecule has 0 saturated carbocycles. The van der Waals surface area contributed by atoms with Crippen LogP contribution in [0.1, 0.15) is 129 Å². The lowest BCUT2D eigenvalue weighted by Crippen LogP contribution is -2.10. The number of benzene rings is 4. The molecule has 0 heterocycles. The number of hydrogen-bond donors (Lipinski definition) is 0. The molecule has 0 nitrogen and oxygen atoms in total. The number of aryl methyl sites for hydroxylation is 3. The van der Waals surface area contributed by atoms with Gasteiger partial charge in [0.05, 0.1) is 0 Å². The molecule has 0 radical (unpaired) electrons. The van der Waals surface area contributed by atoms with E-state index in [-0.39, 0.29) is 29.1 Å². The Balaban J connectivity index is 0.000000569. The van der Waals surface area contributed by atoms with Crippen molar-refractivity contribution < 1.29 is 0 Å². The van der Waals surface area contributed by atoms with E-state index in [1.807, 2.05) is 18.2 Å². The van der Waals surface area contributed by atoms with Crippen LogP contribution in [0.4, 0.5) is 0 Å². The second-order valence-corrected chi connectivity index (χ2v) is 16.6. The zero-order chi connectivity index (χ0) is 33.9. The van der Waals surface area contributed by atoms with Crippen molar-refractivity contribution in [3.63, 3.8) is 0 Å². The zero-order valence-electron chi connectivity index (χ0n) is 30.6. The fourth-order valence-electron chi connectivity index (χ4n) is 4.29. The molecule has 0 spiro atoms. The lowest BCUT2D eigenvalue weighted by Gasteiger charge is -2.19. The first-order valence-electron chi connectivity index (χ1n) is 16.0. The van der Waals surface area contributed by atoms with E-state index in [1.54, 1.807) is 0 Å². The molecule has 0 aliphatic rings. The minimum atomic E-state index is 0. The predicted octanol–water partition coefficient (Wildman–Crippen LogP) is 14.2. The van der Waals surface area contributed by atoms with Crippen molar-refractivity contribution in [3.05, 3.63) is 141 Å². The molecule has 0 aromatic heterocycles. The largest absolute Gasteiger partial charge is 0.0843 e. The third-order valence-electron chi connectivity index (χ3n) is 7.34. The van der Waals surface area contributed by atoms with Gasteiger partial charge in [0.25, 0.3) is 0 Å². The van der Waals surface area contributed by atoms with Gasteiger partial charge in [0.1, 0.15) is 0 Å². The van der Waals surface area contributed by atoms with Crippen molar-refractivity contribution in [2.45, 2.75) is 133 Å². The zero-order valence-corrected chi connectivity index (χ0v) is 31.4. The van der Waals surface area contributed by atoms with Crippen LogP contribution in [0.25, 0.3) is 0 Å². The molecule has 4 aromatic rings. The monoisotopic (exact) mass is 628 g/mol. The lowest BCUT2D eigenvalue weighted by atomic mass is 9.86. The minimum Gasteiger partial charge on any atom is -0.0843 e. The van der Waals surface area contributed by atoms with E-state index in [9.17, 15) is 0 Å². The highest BCUT2D eigenvalue weighted by atomic mass is 35.5. The van der Waals surface area contributed by atoms with Crippen molar-refractivity contribution >= 4 is 11.6 Å². The summed E-state index contributed by atoms with van der Waals surface area (Å²) < 4.78 is 0. The summed E-state index contributed by atoms with van der Waals surface area (Å²) in [7, 11) is 0. The molecule has 4 aromatic carbocycles. The highest BCUT2D eigenvalue weighted by molar-refractivity contribution is 6.30. The van der Waals surface area contributed by atoms with E-state index >= 15 is 0 Å². The average Bonchev–Trinajstić information content (AvgIpc) is 2.88. The molecular weight excluding hydrogens is 564 g/mol. The lowest BCUT2D eigenvalue weighted by molar-refractivity contribution is 0.589. The molecule has 45 heavy (non-hydrogen) atoms. The molecule has 1 heteroatoms. The maximum Gasteiger partial charge on any atom is 0.0408 e. The second-order valence-electron chi connectivity index (χ2n) is 16.1. The van der Waals surface area contributed by atoms with Crippen molar-refractivity contribution in [1.29, 1.82) is 0 Å². The Morgan fingerprint density at radius 1 is 0.356 bits per heavy atom. The summed E-state index contributed by atoms with van der Waals surface area (Å²) >= 11 is 5.85. The second kappa shape index (κ2) is 17.8. The van der Waals surface area contributed by atoms with Crippen LogP contribution in [0.5, 0.6) is 0 Å². The van der Waals surface area contributed by atoms with E-state index in [4.69, 9.17) is 11.6 Å². The Morgan fingerprint density at radius 2 is 0.578 bits per heavy atom. The molecule has 0 saturated heterocycles. The molecule has 0 aliphatic heterocycles. The summed E-state index contributed by atoms with van der Waals surface area (Å²) in [6.45, 7) is 33.1. The summed E-state index contributed by atoms with van der Waals surface area (Å²) in [4.78, 5) is 0. The smallest absolute Gasteiger partial charge is 0.0408 e. The van der Waals surface area contributed by atoms with Crippen LogP contribution >= 0.6 is 11.6 Å². The third kappa shape index (κ3) is 16.9. The first-order chi connectivity index (χ1) is 20.0. The summed E-state index contributed by atoms with van der Waals surface area (Å²) in [5.74, 6) is 0. The van der Waals surface area contributed by atoms with E-state index in [0.29, 0.717) is 0 Å². The quantitative estimate of drug-likeness (QED) is 0.182. The third-order valence-corrected chi connectivity index (χ3v) is 7.58. The van der Waals surface area contributed by atoms with E-state index < -0.39 is 0 Å². The average molecular weight is 629 g/mol. The van der Waals surface area contributed by atoms with Crippen LogP contribution in [-0.4, -0.2) is 0 Å². The molecule has 0 amide bonds. The van der Waals surface area contributed by atoms with Gasteiger partial charge in [0, 0.05) is 5.02 Å². The van der Waals surface area contributed by atoms with Crippen LogP contribution in [0.15, 0.2) is 97.1 Å². The SMILES string of the molecule is C.CC(C)(C)c1cccc(Cl)c1.Cc1cccc(C(C)(C)C)c1.Cc1cccc(C(C)(C)C)c1.Cc1cccc(C(C)(C)C)c1. The fraction of sp³-hybridized carbons (Fsp3) is 0.455. The first-order valence-corrected chi connectivity index (χ1v) is 16.4. The van der Waals surface area contributed by atoms with Crippen LogP contribution in [-0.2, 0) is 21.7 Å². The summed E-state index contributed by atoms with van der Waals surface area (Å²) in [6.07, 6.45) is 0. The van der Waals surface area contributed by atoms with E-state index in [2.05, 4.69) is 183 Å². The number of hydrogen-bond acceptors (Lipinski definition) is 0. The van der Waals surface area contributed by atoms with Crippen molar-refractivity contribution in [2.24, 2.45) is 0 Å². The molecule has 0 N–H and O–H groups in total. The van der Waals surface area contributed by atoms with Gasteiger partial charge in [-0.3, -0.25) is 0 Å². The van der Waals surface area contributed by atoms with E-state index in [0.717, 1.165) is 5.02 Å². The van der Waals surface area contributed by atoms with Crippen molar-refractivity contribution in [3.8, 4) is 0 Å². The van der Waals surface area contributed by atoms with Gasteiger partial charge in [-0.15, -0.1) is 0 Å². The fourth-order valence-corrected chi connectivity index (χ4v) is 4.48. The maximum absolute atomic E-state index is 5.85. The first kappa shape index (κ1) is 42.2.